The van der Waals surface area contributed by atoms with E-state index in [-0.39, 0.29) is 0 Å². The van der Waals surface area contributed by atoms with E-state index in [0.717, 1.165) is 18.3 Å². The molecule has 4 aliphatic rings. The SMILES string of the molecule is O=C1CC2CC1C1CC3OC3C21. The van der Waals surface area contributed by atoms with Crippen LogP contribution in [-0.2, 0) is 9.53 Å². The highest BCUT2D eigenvalue weighted by molar-refractivity contribution is 5.85. The van der Waals surface area contributed by atoms with Crippen LogP contribution in [0.5, 0.6) is 0 Å². The van der Waals surface area contributed by atoms with Crippen molar-refractivity contribution in [2.75, 3.05) is 0 Å². The Morgan fingerprint density at radius 1 is 1.33 bits per heavy atom. The van der Waals surface area contributed by atoms with E-state index in [1.54, 1.807) is 0 Å². The smallest absolute Gasteiger partial charge is 0.136 e. The van der Waals surface area contributed by atoms with Gasteiger partial charge in [0.15, 0.2) is 0 Å². The quantitative estimate of drug-likeness (QED) is 0.500. The molecule has 6 unspecified atom stereocenters. The Morgan fingerprint density at radius 2 is 2.25 bits per heavy atom. The third kappa shape index (κ3) is 0.506. The standard InChI is InChI=1S/C10H12O2/c11-7-2-4-1-5(7)6-3-8-10(12-8)9(4)6/h4-6,8-10H,1-3H2. The first kappa shape index (κ1) is 6.14. The summed E-state index contributed by atoms with van der Waals surface area (Å²) in [6, 6.07) is 0. The molecule has 3 aliphatic carbocycles. The van der Waals surface area contributed by atoms with Crippen LogP contribution in [0.3, 0.4) is 0 Å². The van der Waals surface area contributed by atoms with Crippen molar-refractivity contribution in [3.8, 4) is 0 Å². The first-order valence-electron chi connectivity index (χ1n) is 5.03. The van der Waals surface area contributed by atoms with Crippen molar-refractivity contribution >= 4 is 5.78 Å². The number of hydrogen-bond acceptors (Lipinski definition) is 2. The Labute approximate surface area is 71.3 Å². The maximum atomic E-state index is 11.5. The highest BCUT2D eigenvalue weighted by Gasteiger charge is 2.66. The molecule has 2 bridgehead atoms. The van der Waals surface area contributed by atoms with Crippen LogP contribution in [0.15, 0.2) is 0 Å². The van der Waals surface area contributed by atoms with Gasteiger partial charge in [0.05, 0.1) is 12.2 Å². The van der Waals surface area contributed by atoms with Gasteiger partial charge >= 0.3 is 0 Å². The summed E-state index contributed by atoms with van der Waals surface area (Å²) in [6.07, 6.45) is 4.41. The number of carbonyl (C=O) groups excluding carboxylic acids is 1. The lowest BCUT2D eigenvalue weighted by molar-refractivity contribution is -0.124. The molecule has 0 aromatic rings. The molecule has 2 heteroatoms. The van der Waals surface area contributed by atoms with Crippen LogP contribution in [0.2, 0.25) is 0 Å². The lowest BCUT2D eigenvalue weighted by Crippen LogP contribution is -2.27. The van der Waals surface area contributed by atoms with Crippen molar-refractivity contribution in [3.05, 3.63) is 0 Å². The third-order valence-corrected chi connectivity index (χ3v) is 4.49. The van der Waals surface area contributed by atoms with Crippen LogP contribution in [-0.4, -0.2) is 18.0 Å². The van der Waals surface area contributed by atoms with Crippen LogP contribution in [0.25, 0.3) is 0 Å². The number of fused-ring (bicyclic) bond motifs is 7. The van der Waals surface area contributed by atoms with E-state index >= 15 is 0 Å². The molecule has 12 heavy (non-hydrogen) atoms. The largest absolute Gasteiger partial charge is 0.369 e. The number of carbonyl (C=O) groups is 1. The molecule has 4 fully saturated rings. The molecule has 1 heterocycles. The molecule has 0 aromatic heterocycles. The molecule has 0 N–H and O–H groups in total. The molecule has 0 radical (unpaired) electrons. The highest BCUT2D eigenvalue weighted by atomic mass is 16.6. The molecule has 2 nitrogen and oxygen atoms in total. The first-order chi connectivity index (χ1) is 5.84. The molecule has 1 saturated heterocycles. The number of ether oxygens (including phenoxy) is 1. The second-order valence-corrected chi connectivity index (χ2v) is 4.89. The first-order valence-corrected chi connectivity index (χ1v) is 5.03. The van der Waals surface area contributed by atoms with Gasteiger partial charge in [0.1, 0.15) is 5.78 Å². The molecule has 1 aliphatic heterocycles. The summed E-state index contributed by atoms with van der Waals surface area (Å²) in [6.45, 7) is 0. The normalized spacial score (nSPS) is 65.2. The molecule has 0 aromatic carbocycles. The minimum atomic E-state index is 0.455. The van der Waals surface area contributed by atoms with E-state index in [9.17, 15) is 4.79 Å². The highest BCUT2D eigenvalue weighted by Crippen LogP contribution is 2.63. The van der Waals surface area contributed by atoms with E-state index in [4.69, 9.17) is 4.74 Å². The van der Waals surface area contributed by atoms with Crippen LogP contribution in [0.1, 0.15) is 19.3 Å². The van der Waals surface area contributed by atoms with Gasteiger partial charge in [-0.1, -0.05) is 0 Å². The predicted molar refractivity (Wildman–Crippen MR) is 41.5 cm³/mol. The zero-order valence-electron chi connectivity index (χ0n) is 6.90. The molecule has 0 spiro atoms. The summed E-state index contributed by atoms with van der Waals surface area (Å²) in [5.74, 6) is 3.25. The van der Waals surface area contributed by atoms with Gasteiger partial charge in [-0.3, -0.25) is 4.79 Å². The Balaban J connectivity index is 1.77. The zero-order chi connectivity index (χ0) is 7.87. The average molecular weight is 164 g/mol. The molecular formula is C10H12O2. The fourth-order valence-corrected chi connectivity index (χ4v) is 4.06. The Morgan fingerprint density at radius 3 is 3.17 bits per heavy atom. The molecular weight excluding hydrogens is 152 g/mol. The number of Topliss-reactive ketones (excluding diaryl/α,β-unsaturated/α-hetero) is 1. The summed E-state index contributed by atoms with van der Waals surface area (Å²) in [5, 5.41) is 0. The van der Waals surface area contributed by atoms with Gasteiger partial charge in [-0.2, -0.15) is 0 Å². The van der Waals surface area contributed by atoms with E-state index in [2.05, 4.69) is 0 Å². The van der Waals surface area contributed by atoms with Crippen molar-refractivity contribution in [1.29, 1.82) is 0 Å². The summed E-state index contributed by atoms with van der Waals surface area (Å²) in [5.41, 5.74) is 0. The van der Waals surface area contributed by atoms with Crippen molar-refractivity contribution in [2.24, 2.45) is 23.7 Å². The summed E-state index contributed by atoms with van der Waals surface area (Å²) in [4.78, 5) is 11.5. The van der Waals surface area contributed by atoms with Crippen molar-refractivity contribution in [2.45, 2.75) is 31.5 Å². The molecule has 6 atom stereocenters. The van der Waals surface area contributed by atoms with E-state index < -0.39 is 0 Å². The Kier molecular flexibility index (Phi) is 0.831. The van der Waals surface area contributed by atoms with Crippen molar-refractivity contribution < 1.29 is 9.53 Å². The van der Waals surface area contributed by atoms with Gasteiger partial charge < -0.3 is 4.74 Å². The van der Waals surface area contributed by atoms with Crippen LogP contribution >= 0.6 is 0 Å². The maximum absolute atomic E-state index is 11.5. The van der Waals surface area contributed by atoms with Crippen LogP contribution < -0.4 is 0 Å². The van der Waals surface area contributed by atoms with Gasteiger partial charge in [0, 0.05) is 12.3 Å². The van der Waals surface area contributed by atoms with Gasteiger partial charge in [0.2, 0.25) is 0 Å². The topological polar surface area (TPSA) is 29.6 Å². The minimum Gasteiger partial charge on any atom is -0.369 e. The second kappa shape index (κ2) is 1.63. The lowest BCUT2D eigenvalue weighted by Gasteiger charge is -2.24. The van der Waals surface area contributed by atoms with Crippen molar-refractivity contribution in [1.82, 2.24) is 0 Å². The monoisotopic (exact) mass is 164 g/mol. The molecule has 64 valence electrons. The average Bonchev–Trinajstić information content (AvgIpc) is 2.43. The van der Waals surface area contributed by atoms with Crippen LogP contribution in [0.4, 0.5) is 0 Å². The fourth-order valence-electron chi connectivity index (χ4n) is 4.06. The fraction of sp³-hybridized carbons (Fsp3) is 0.900. The molecule has 0 amide bonds. The summed E-state index contributed by atoms with van der Waals surface area (Å²) < 4.78 is 5.54. The van der Waals surface area contributed by atoms with E-state index in [0.29, 0.717) is 29.8 Å². The molecule has 3 saturated carbocycles. The Hall–Kier alpha value is -0.370. The van der Waals surface area contributed by atoms with Gasteiger partial charge in [0.25, 0.3) is 0 Å². The zero-order valence-corrected chi connectivity index (χ0v) is 6.90. The Bertz CT molecular complexity index is 273. The number of hydrogen-bond donors (Lipinski definition) is 0. The lowest BCUT2D eigenvalue weighted by atomic mass is 9.80. The van der Waals surface area contributed by atoms with Crippen molar-refractivity contribution in [3.63, 3.8) is 0 Å². The summed E-state index contributed by atoms with van der Waals surface area (Å²) in [7, 11) is 0. The van der Waals surface area contributed by atoms with Gasteiger partial charge in [-0.15, -0.1) is 0 Å². The maximum Gasteiger partial charge on any atom is 0.136 e. The number of ketones is 1. The van der Waals surface area contributed by atoms with Crippen LogP contribution in [0, 0.1) is 23.7 Å². The summed E-state index contributed by atoms with van der Waals surface area (Å²) >= 11 is 0. The number of rotatable bonds is 0. The van der Waals surface area contributed by atoms with E-state index in [1.807, 2.05) is 0 Å². The number of epoxide rings is 1. The second-order valence-electron chi connectivity index (χ2n) is 4.89. The molecule has 4 rings (SSSR count). The minimum absolute atomic E-state index is 0.455. The van der Waals surface area contributed by atoms with Gasteiger partial charge in [-0.25, -0.2) is 0 Å². The van der Waals surface area contributed by atoms with E-state index in [1.165, 1.54) is 12.8 Å². The van der Waals surface area contributed by atoms with Gasteiger partial charge in [-0.05, 0) is 30.6 Å². The predicted octanol–water partition coefficient (Wildman–Crippen LogP) is 0.999. The third-order valence-electron chi connectivity index (χ3n) is 4.49.